The highest BCUT2D eigenvalue weighted by Crippen LogP contribution is 2.28. The van der Waals surface area contributed by atoms with Crippen LogP contribution in [0.2, 0.25) is 0 Å². The van der Waals surface area contributed by atoms with Crippen molar-refractivity contribution in [1.29, 1.82) is 0 Å². The fourth-order valence-corrected chi connectivity index (χ4v) is 3.10. The van der Waals surface area contributed by atoms with Crippen LogP contribution in [0.25, 0.3) is 20.4 Å². The number of fused-ring (bicyclic) bond motifs is 2. The molecule has 0 saturated heterocycles. The van der Waals surface area contributed by atoms with Crippen molar-refractivity contribution < 1.29 is 0 Å². The van der Waals surface area contributed by atoms with Crippen molar-refractivity contribution in [2.24, 2.45) is 0 Å². The third-order valence-electron chi connectivity index (χ3n) is 3.04. The van der Waals surface area contributed by atoms with Gasteiger partial charge in [0.1, 0.15) is 11.0 Å². The summed E-state index contributed by atoms with van der Waals surface area (Å²) in [6.07, 6.45) is 0. The molecule has 0 amide bonds. The Hall–Kier alpha value is -1.74. The van der Waals surface area contributed by atoms with E-state index in [4.69, 9.17) is 4.98 Å². The van der Waals surface area contributed by atoms with E-state index in [-0.39, 0.29) is 0 Å². The van der Waals surface area contributed by atoms with Gasteiger partial charge in [-0.2, -0.15) is 0 Å². The number of hydrogen-bond acceptors (Lipinski definition) is 2. The van der Waals surface area contributed by atoms with Crippen molar-refractivity contribution in [2.75, 3.05) is 19.0 Å². The molecule has 0 aliphatic rings. The number of aryl methyl sites for hydroxylation is 1. The molecular weight excluding hydrogens is 240 g/mol. The van der Waals surface area contributed by atoms with E-state index >= 15 is 0 Å². The van der Waals surface area contributed by atoms with Gasteiger partial charge in [0.15, 0.2) is 0 Å². The van der Waals surface area contributed by atoms with Crippen LogP contribution in [0, 0.1) is 6.92 Å². The van der Waals surface area contributed by atoms with Gasteiger partial charge < -0.3 is 4.90 Å². The normalized spacial score (nSPS) is 11.1. The topological polar surface area (TPSA) is 16.1 Å². The van der Waals surface area contributed by atoms with Gasteiger partial charge in [-0.1, -0.05) is 6.07 Å². The van der Waals surface area contributed by atoms with Crippen LogP contribution in [-0.4, -0.2) is 19.1 Å². The summed E-state index contributed by atoms with van der Waals surface area (Å²) in [4.78, 5) is 6.83. The van der Waals surface area contributed by atoms with Crippen LogP contribution in [0.4, 0.5) is 5.69 Å². The zero-order valence-electron chi connectivity index (χ0n) is 10.8. The van der Waals surface area contributed by atoms with Crippen molar-refractivity contribution in [1.82, 2.24) is 4.98 Å². The molecule has 0 spiro atoms. The highest BCUT2D eigenvalue weighted by atomic mass is 32.1. The molecule has 0 aliphatic heterocycles. The van der Waals surface area contributed by atoms with Crippen molar-refractivity contribution in [3.05, 3.63) is 42.0 Å². The molecule has 0 saturated carbocycles. The Kier molecular flexibility index (Phi) is 2.63. The van der Waals surface area contributed by atoms with Gasteiger partial charge >= 0.3 is 0 Å². The molecule has 0 bridgehead atoms. The van der Waals surface area contributed by atoms with Gasteiger partial charge in [0.2, 0.25) is 11.3 Å². The van der Waals surface area contributed by atoms with Crippen LogP contribution >= 0.6 is 11.3 Å². The molecule has 0 radical (unpaired) electrons. The Bertz CT molecular complexity index is 735. The van der Waals surface area contributed by atoms with Gasteiger partial charge in [0.05, 0.1) is 0 Å². The van der Waals surface area contributed by atoms with E-state index in [0.29, 0.717) is 0 Å². The van der Waals surface area contributed by atoms with Crippen LogP contribution in [0.3, 0.4) is 0 Å². The van der Waals surface area contributed by atoms with Gasteiger partial charge in [0.25, 0.3) is 9.40 Å². The van der Waals surface area contributed by atoms with E-state index in [9.17, 15) is 0 Å². The van der Waals surface area contributed by atoms with E-state index in [2.05, 4.69) is 62.3 Å². The first-order chi connectivity index (χ1) is 8.63. The van der Waals surface area contributed by atoms with Crippen molar-refractivity contribution in [2.45, 2.75) is 6.92 Å². The van der Waals surface area contributed by atoms with Crippen molar-refractivity contribution in [3.8, 4) is 0 Å². The third kappa shape index (κ3) is 1.91. The molecular formula is C15H15N2S+. The lowest BCUT2D eigenvalue weighted by molar-refractivity contribution is 1.14. The summed E-state index contributed by atoms with van der Waals surface area (Å²) in [6.45, 7) is 2.12. The Morgan fingerprint density at radius 2 is 1.61 bits per heavy atom. The number of anilines is 1. The second-order valence-corrected chi connectivity index (χ2v) is 5.82. The van der Waals surface area contributed by atoms with Crippen LogP contribution in [-0.2, 0) is 0 Å². The molecule has 0 fully saturated rings. The van der Waals surface area contributed by atoms with Crippen LogP contribution in [0.1, 0.15) is 5.56 Å². The van der Waals surface area contributed by atoms with Gasteiger partial charge in [0, 0.05) is 31.9 Å². The largest absolute Gasteiger partial charge is 0.377 e. The van der Waals surface area contributed by atoms with Gasteiger partial charge in [-0.15, -0.1) is 0 Å². The first kappa shape index (κ1) is 11.4. The van der Waals surface area contributed by atoms with E-state index < -0.39 is 0 Å². The van der Waals surface area contributed by atoms with Crippen LogP contribution in [0.5, 0.6) is 0 Å². The van der Waals surface area contributed by atoms with E-state index in [0.717, 1.165) is 11.0 Å². The summed E-state index contributed by atoms with van der Waals surface area (Å²) in [5.41, 5.74) is 4.65. The Balaban J connectivity index is 2.31. The monoisotopic (exact) mass is 255 g/mol. The number of aromatic nitrogens is 1. The summed E-state index contributed by atoms with van der Waals surface area (Å²) < 4.78 is 2.48. The predicted molar refractivity (Wildman–Crippen MR) is 80.6 cm³/mol. The maximum Gasteiger partial charge on any atom is 0.259 e. The molecule has 2 aromatic carbocycles. The molecule has 0 N–H and O–H groups in total. The SMILES string of the molecule is Cc1ccc2nc3ccc(N(C)C)cc3[s+]c2c1. The first-order valence-corrected chi connectivity index (χ1v) is 6.77. The lowest BCUT2D eigenvalue weighted by Crippen LogP contribution is -2.07. The van der Waals surface area contributed by atoms with Gasteiger partial charge in [-0.3, -0.25) is 0 Å². The molecule has 1 heterocycles. The zero-order valence-corrected chi connectivity index (χ0v) is 11.6. The summed E-state index contributed by atoms with van der Waals surface area (Å²) in [5, 5.41) is 0. The Morgan fingerprint density at radius 3 is 2.33 bits per heavy atom. The first-order valence-electron chi connectivity index (χ1n) is 5.95. The Labute approximate surface area is 111 Å². The second kappa shape index (κ2) is 4.18. The molecule has 3 rings (SSSR count). The van der Waals surface area contributed by atoms with E-state index in [1.54, 1.807) is 0 Å². The molecule has 18 heavy (non-hydrogen) atoms. The van der Waals surface area contributed by atoms with Gasteiger partial charge in [-0.05, 0) is 30.7 Å². The number of rotatable bonds is 1. The zero-order chi connectivity index (χ0) is 12.7. The van der Waals surface area contributed by atoms with Crippen LogP contribution < -0.4 is 4.90 Å². The van der Waals surface area contributed by atoms with Crippen molar-refractivity contribution >= 4 is 37.5 Å². The number of nitrogens with zero attached hydrogens (tertiary/aromatic N) is 2. The molecule has 3 heteroatoms. The van der Waals surface area contributed by atoms with E-state index in [1.807, 2.05) is 11.3 Å². The van der Waals surface area contributed by atoms with Gasteiger partial charge in [-0.25, -0.2) is 4.98 Å². The smallest absolute Gasteiger partial charge is 0.259 e. The summed E-state index contributed by atoms with van der Waals surface area (Å²) in [7, 11) is 4.12. The highest BCUT2D eigenvalue weighted by Gasteiger charge is 2.13. The van der Waals surface area contributed by atoms with Crippen molar-refractivity contribution in [3.63, 3.8) is 0 Å². The molecule has 2 nitrogen and oxygen atoms in total. The minimum Gasteiger partial charge on any atom is -0.377 e. The summed E-state index contributed by atoms with van der Waals surface area (Å²) in [6, 6.07) is 12.8. The molecule has 1 aromatic heterocycles. The summed E-state index contributed by atoms with van der Waals surface area (Å²) >= 11 is 1.81. The quantitative estimate of drug-likeness (QED) is 0.480. The third-order valence-corrected chi connectivity index (χ3v) is 4.13. The highest BCUT2D eigenvalue weighted by molar-refractivity contribution is 7.24. The molecule has 90 valence electrons. The summed E-state index contributed by atoms with van der Waals surface area (Å²) in [5.74, 6) is 0. The molecule has 3 aromatic rings. The fourth-order valence-electron chi connectivity index (χ4n) is 2.00. The maximum absolute atomic E-state index is 4.71. The standard InChI is InChI=1S/C15H15N2S/c1-10-4-6-12-14(8-10)18-15-9-11(17(2)3)5-7-13(15)16-12/h4-9H,1-3H3/q+1. The van der Waals surface area contributed by atoms with Crippen LogP contribution in [0.15, 0.2) is 36.4 Å². The minimum absolute atomic E-state index is 1.07. The average Bonchev–Trinajstić information content (AvgIpc) is 2.35. The number of hydrogen-bond donors (Lipinski definition) is 0. The Morgan fingerprint density at radius 1 is 0.944 bits per heavy atom. The maximum atomic E-state index is 4.71. The van der Waals surface area contributed by atoms with E-state index in [1.165, 1.54) is 20.7 Å². The predicted octanol–water partition coefficient (Wildman–Crippen LogP) is 4.11. The lowest BCUT2D eigenvalue weighted by atomic mass is 10.2. The average molecular weight is 255 g/mol. The molecule has 0 atom stereocenters. The molecule has 0 unspecified atom stereocenters. The fraction of sp³-hybridized carbons (Fsp3) is 0.200. The second-order valence-electron chi connectivity index (χ2n) is 4.73. The lowest BCUT2D eigenvalue weighted by Gasteiger charge is -2.10. The molecule has 0 aliphatic carbocycles. The minimum atomic E-state index is 1.07. The number of benzene rings is 2.